The number of ether oxygens (including phenoxy) is 2. The van der Waals surface area contributed by atoms with Crippen LogP contribution in [-0.2, 0) is 14.3 Å². The minimum Gasteiger partial charge on any atom is -0.394 e. The molecule has 0 aromatic rings. The van der Waals surface area contributed by atoms with E-state index in [4.69, 9.17) is 9.47 Å². The van der Waals surface area contributed by atoms with Crippen molar-refractivity contribution in [3.8, 4) is 0 Å². The van der Waals surface area contributed by atoms with Crippen LogP contribution in [-0.4, -0.2) is 87.5 Å². The molecule has 1 amide bonds. The summed E-state index contributed by atoms with van der Waals surface area (Å²) < 4.78 is 11.3. The van der Waals surface area contributed by atoms with Gasteiger partial charge in [-0.25, -0.2) is 0 Å². The van der Waals surface area contributed by atoms with Crippen molar-refractivity contribution >= 4 is 5.91 Å². The van der Waals surface area contributed by atoms with E-state index in [9.17, 15) is 30.3 Å². The lowest BCUT2D eigenvalue weighted by Crippen LogP contribution is -2.60. The zero-order valence-electron chi connectivity index (χ0n) is 57.5. The second-order valence-corrected chi connectivity index (χ2v) is 26.1. The fourth-order valence-electron chi connectivity index (χ4n) is 11.9. The third-order valence-corrected chi connectivity index (χ3v) is 17.7. The largest absolute Gasteiger partial charge is 0.394 e. The highest BCUT2D eigenvalue weighted by molar-refractivity contribution is 5.76. The van der Waals surface area contributed by atoms with Gasteiger partial charge >= 0.3 is 0 Å². The molecule has 1 saturated heterocycles. The van der Waals surface area contributed by atoms with Gasteiger partial charge < -0.3 is 40.3 Å². The van der Waals surface area contributed by atoms with Crippen LogP contribution in [0.3, 0.4) is 0 Å². The maximum atomic E-state index is 13.1. The number of hydrogen-bond donors (Lipinski definition) is 6. The minimum atomic E-state index is -1.57. The van der Waals surface area contributed by atoms with Crippen molar-refractivity contribution in [3.63, 3.8) is 0 Å². The number of hydrogen-bond acceptors (Lipinski definition) is 8. The van der Waals surface area contributed by atoms with E-state index in [1.165, 1.54) is 263 Å². The molecule has 7 atom stereocenters. The van der Waals surface area contributed by atoms with E-state index >= 15 is 0 Å². The van der Waals surface area contributed by atoms with Gasteiger partial charge in [0.1, 0.15) is 24.4 Å². The molecule has 6 N–H and O–H groups in total. The van der Waals surface area contributed by atoms with Gasteiger partial charge in [0, 0.05) is 6.42 Å². The van der Waals surface area contributed by atoms with Crippen molar-refractivity contribution in [2.45, 2.75) is 397 Å². The van der Waals surface area contributed by atoms with Gasteiger partial charge in [0.25, 0.3) is 0 Å². The Morgan fingerprint density at radius 2 is 0.716 bits per heavy atom. The molecule has 7 unspecified atom stereocenters. The summed E-state index contributed by atoms with van der Waals surface area (Å²) in [5, 5.41) is 54.8. The van der Waals surface area contributed by atoms with Crippen LogP contribution in [0, 0.1) is 0 Å². The summed E-state index contributed by atoms with van der Waals surface area (Å²) in [5.41, 5.74) is 0. The van der Waals surface area contributed by atoms with Crippen LogP contribution in [0.25, 0.3) is 0 Å². The Morgan fingerprint density at radius 1 is 0.398 bits per heavy atom. The van der Waals surface area contributed by atoms with E-state index in [1.807, 2.05) is 6.08 Å². The second-order valence-electron chi connectivity index (χ2n) is 26.1. The third kappa shape index (κ3) is 55.0. The van der Waals surface area contributed by atoms with Crippen molar-refractivity contribution in [3.05, 3.63) is 85.1 Å². The van der Waals surface area contributed by atoms with Gasteiger partial charge in [-0.1, -0.05) is 356 Å². The molecule has 0 spiro atoms. The van der Waals surface area contributed by atoms with E-state index < -0.39 is 49.5 Å². The van der Waals surface area contributed by atoms with Gasteiger partial charge in [0.15, 0.2) is 6.29 Å². The van der Waals surface area contributed by atoms with Crippen LogP contribution in [0.2, 0.25) is 0 Å². The van der Waals surface area contributed by atoms with Crippen molar-refractivity contribution < 1.29 is 39.8 Å². The zero-order valence-corrected chi connectivity index (χ0v) is 57.5. The first kappa shape index (κ1) is 83.4. The summed E-state index contributed by atoms with van der Waals surface area (Å²) in [7, 11) is 0. The molecule has 9 heteroatoms. The molecule has 0 aromatic carbocycles. The van der Waals surface area contributed by atoms with Crippen LogP contribution >= 0.6 is 0 Å². The molecular formula is C79H143NO8. The van der Waals surface area contributed by atoms with Crippen LogP contribution in [0.15, 0.2) is 85.1 Å². The average molecular weight is 1240 g/mol. The highest BCUT2D eigenvalue weighted by Crippen LogP contribution is 2.23. The van der Waals surface area contributed by atoms with E-state index in [1.54, 1.807) is 6.08 Å². The van der Waals surface area contributed by atoms with Gasteiger partial charge in [-0.3, -0.25) is 4.79 Å². The van der Waals surface area contributed by atoms with E-state index in [0.29, 0.717) is 6.42 Å². The molecular weight excluding hydrogens is 1090 g/mol. The number of allylic oxidation sites excluding steroid dienone is 13. The standard InChI is InChI=1S/C79H143NO8/c1-3-5-7-9-11-13-15-17-19-21-23-25-27-29-31-32-33-34-35-36-37-38-39-40-41-42-43-45-47-49-51-53-55-57-59-61-63-65-67-69-75(83)80-72(71-87-79-78(86)77(85)76(84)74(70-81)88-79)73(82)68-66-64-62-60-58-56-54-52-50-48-46-44-30-28-26-24-22-20-18-16-14-12-10-8-6-4-2/h5,7,11,13,17,19,23,25,29,31,58,60,66,68,72-74,76-79,81-82,84-86H,3-4,6,8-10,12,14-16,18,20-22,24,26-28,30,32-57,59,61-65,67,69-71H2,1-2H3,(H,80,83)/b7-5-,13-11-,19-17-,25-23-,31-29-,60-58+,68-66+. The molecule has 0 aliphatic carbocycles. The summed E-state index contributed by atoms with van der Waals surface area (Å²) >= 11 is 0. The maximum Gasteiger partial charge on any atom is 0.220 e. The number of aliphatic hydroxyl groups is 5. The Bertz CT molecular complexity index is 1670. The Kier molecular flexibility index (Phi) is 63.7. The smallest absolute Gasteiger partial charge is 0.220 e. The zero-order chi connectivity index (χ0) is 63.5. The van der Waals surface area contributed by atoms with Crippen LogP contribution in [0.4, 0.5) is 0 Å². The van der Waals surface area contributed by atoms with Crippen molar-refractivity contribution in [2.24, 2.45) is 0 Å². The van der Waals surface area contributed by atoms with Gasteiger partial charge in [-0.15, -0.1) is 0 Å². The Labute approximate surface area is 543 Å². The molecule has 1 fully saturated rings. The van der Waals surface area contributed by atoms with E-state index in [-0.39, 0.29) is 12.5 Å². The maximum absolute atomic E-state index is 13.1. The van der Waals surface area contributed by atoms with Gasteiger partial charge in [-0.2, -0.15) is 0 Å². The molecule has 9 nitrogen and oxygen atoms in total. The molecule has 0 radical (unpaired) electrons. The number of amides is 1. The summed E-state index contributed by atoms with van der Waals surface area (Å²) in [5.74, 6) is -0.181. The van der Waals surface area contributed by atoms with E-state index in [0.717, 1.165) is 70.6 Å². The molecule has 1 heterocycles. The molecule has 0 saturated carbocycles. The lowest BCUT2D eigenvalue weighted by Gasteiger charge is -2.40. The highest BCUT2D eigenvalue weighted by atomic mass is 16.7. The lowest BCUT2D eigenvalue weighted by atomic mass is 9.99. The summed E-state index contributed by atoms with van der Waals surface area (Å²) in [6.07, 6.45) is 90.0. The summed E-state index contributed by atoms with van der Waals surface area (Å²) in [6, 6.07) is -0.825. The van der Waals surface area contributed by atoms with Crippen LogP contribution < -0.4 is 5.32 Å². The molecule has 0 bridgehead atoms. The quantitative estimate of drug-likeness (QED) is 0.0261. The minimum absolute atomic E-state index is 0.181. The third-order valence-electron chi connectivity index (χ3n) is 17.7. The van der Waals surface area contributed by atoms with Gasteiger partial charge in [-0.05, 0) is 77.0 Å². The number of carbonyl (C=O) groups is 1. The molecule has 1 rings (SSSR count). The van der Waals surface area contributed by atoms with Crippen molar-refractivity contribution in [1.82, 2.24) is 5.32 Å². The first-order chi connectivity index (χ1) is 43.3. The number of nitrogens with one attached hydrogen (secondary N) is 1. The summed E-state index contributed by atoms with van der Waals surface area (Å²) in [4.78, 5) is 13.1. The predicted octanol–water partition coefficient (Wildman–Crippen LogP) is 21.3. The molecule has 0 aromatic heterocycles. The Balaban J connectivity index is 2.09. The molecule has 88 heavy (non-hydrogen) atoms. The molecule has 1 aliphatic rings. The Morgan fingerprint density at radius 3 is 1.09 bits per heavy atom. The number of rotatable bonds is 66. The number of aliphatic hydroxyl groups excluding tert-OH is 5. The topological polar surface area (TPSA) is 149 Å². The summed E-state index contributed by atoms with van der Waals surface area (Å²) in [6.45, 7) is 3.69. The number of carbonyl (C=O) groups excluding carboxylic acids is 1. The Hall–Kier alpha value is -2.63. The number of unbranched alkanes of at least 4 members (excludes halogenated alkanes) is 44. The fourth-order valence-corrected chi connectivity index (χ4v) is 11.9. The molecule has 512 valence electrons. The SMILES string of the molecule is CC/C=C\C/C=C\C/C=C\C/C=C\C/C=C\CCCCCCCCCCCCCCCCCCCCCCCCCC(=O)NC(COC1OC(CO)C(O)C(O)C1O)C(O)/C=C/CC/C=C/CCCCCCCCCCCCCCCCCCCCCC. The van der Waals surface area contributed by atoms with Crippen molar-refractivity contribution in [2.75, 3.05) is 13.2 Å². The normalized spacial score (nSPS) is 18.4. The van der Waals surface area contributed by atoms with Crippen molar-refractivity contribution in [1.29, 1.82) is 0 Å². The average Bonchev–Trinajstić information content (AvgIpc) is 3.65. The fraction of sp³-hybridized carbons (Fsp3) is 0.810. The first-order valence-electron chi connectivity index (χ1n) is 37.8. The van der Waals surface area contributed by atoms with Crippen LogP contribution in [0.1, 0.15) is 354 Å². The monoisotopic (exact) mass is 1230 g/mol. The predicted molar refractivity (Wildman–Crippen MR) is 378 cm³/mol. The van der Waals surface area contributed by atoms with E-state index in [2.05, 4.69) is 92.1 Å². The van der Waals surface area contributed by atoms with Gasteiger partial charge in [0.05, 0.1) is 25.4 Å². The lowest BCUT2D eigenvalue weighted by molar-refractivity contribution is -0.302. The first-order valence-corrected chi connectivity index (χ1v) is 37.8. The highest BCUT2D eigenvalue weighted by Gasteiger charge is 2.44. The second kappa shape index (κ2) is 67.3. The molecule has 1 aliphatic heterocycles. The van der Waals surface area contributed by atoms with Crippen LogP contribution in [0.5, 0.6) is 0 Å². The van der Waals surface area contributed by atoms with Gasteiger partial charge in [0.2, 0.25) is 5.91 Å².